The third-order valence-corrected chi connectivity index (χ3v) is 4.27. The van der Waals surface area contributed by atoms with Crippen molar-refractivity contribution in [2.75, 3.05) is 6.61 Å². The monoisotopic (exact) mass is 238 g/mol. The smallest absolute Gasteiger partial charge is 0.0594 e. The highest BCUT2D eigenvalue weighted by Crippen LogP contribution is 2.30. The lowest BCUT2D eigenvalue weighted by Crippen LogP contribution is -2.44. The first-order chi connectivity index (χ1) is 8.33. The van der Waals surface area contributed by atoms with Gasteiger partial charge in [0, 0.05) is 18.6 Å². The average molecular weight is 238 g/mol. The van der Waals surface area contributed by atoms with Crippen LogP contribution in [0.25, 0.3) is 0 Å². The molecule has 17 heavy (non-hydrogen) atoms. The van der Waals surface area contributed by atoms with Gasteiger partial charge in [-0.15, -0.1) is 0 Å². The van der Waals surface area contributed by atoms with Crippen LogP contribution in [0.4, 0.5) is 0 Å². The molecule has 0 aromatic heterocycles. The molecule has 2 aliphatic rings. The Kier molecular flexibility index (Phi) is 5.01. The second-order valence-electron chi connectivity index (χ2n) is 5.40. The molecule has 3 atom stereocenters. The highest BCUT2D eigenvalue weighted by Gasteiger charge is 2.33. The summed E-state index contributed by atoms with van der Waals surface area (Å²) >= 11 is 0. The predicted molar refractivity (Wildman–Crippen MR) is 70.4 cm³/mol. The Morgan fingerprint density at radius 1 is 1.35 bits per heavy atom. The maximum atomic E-state index is 5.79. The first kappa shape index (κ1) is 13.1. The number of hydrazine groups is 1. The van der Waals surface area contributed by atoms with Gasteiger partial charge in [0.2, 0.25) is 0 Å². The van der Waals surface area contributed by atoms with E-state index in [9.17, 15) is 0 Å². The zero-order valence-corrected chi connectivity index (χ0v) is 11.0. The van der Waals surface area contributed by atoms with Gasteiger partial charge >= 0.3 is 0 Å². The fourth-order valence-corrected chi connectivity index (χ4v) is 3.19. The molecule has 0 saturated carbocycles. The summed E-state index contributed by atoms with van der Waals surface area (Å²) in [6.07, 6.45) is 11.7. The predicted octanol–water partition coefficient (Wildman–Crippen LogP) is 2.52. The number of nitrogens with two attached hydrogens (primary N) is 1. The Hall–Kier alpha value is -0.380. The largest absolute Gasteiger partial charge is 0.378 e. The van der Waals surface area contributed by atoms with Gasteiger partial charge in [0.25, 0.3) is 0 Å². The fraction of sp³-hybridized carbons (Fsp3) is 0.857. The maximum absolute atomic E-state index is 5.79. The maximum Gasteiger partial charge on any atom is 0.0594 e. The molecule has 1 aliphatic heterocycles. The van der Waals surface area contributed by atoms with Crippen LogP contribution >= 0.6 is 0 Å². The molecule has 0 aromatic carbocycles. The first-order valence-corrected chi connectivity index (χ1v) is 7.09. The van der Waals surface area contributed by atoms with E-state index < -0.39 is 0 Å². The van der Waals surface area contributed by atoms with Crippen molar-refractivity contribution in [2.45, 2.75) is 64.0 Å². The minimum absolute atomic E-state index is 0.325. The van der Waals surface area contributed by atoms with Crippen LogP contribution in [-0.4, -0.2) is 18.8 Å². The van der Waals surface area contributed by atoms with Crippen molar-refractivity contribution < 1.29 is 4.74 Å². The third kappa shape index (κ3) is 3.30. The van der Waals surface area contributed by atoms with Crippen molar-refractivity contribution >= 4 is 0 Å². The van der Waals surface area contributed by atoms with Crippen LogP contribution in [0.2, 0.25) is 0 Å². The molecule has 3 heteroatoms. The third-order valence-electron chi connectivity index (χ3n) is 4.27. The van der Waals surface area contributed by atoms with E-state index >= 15 is 0 Å². The summed E-state index contributed by atoms with van der Waals surface area (Å²) in [5.41, 5.74) is 4.57. The molecule has 98 valence electrons. The lowest BCUT2D eigenvalue weighted by Gasteiger charge is -2.28. The average Bonchev–Trinajstić information content (AvgIpc) is 2.69. The van der Waals surface area contributed by atoms with E-state index in [-0.39, 0.29) is 0 Å². The van der Waals surface area contributed by atoms with Gasteiger partial charge < -0.3 is 4.74 Å². The van der Waals surface area contributed by atoms with Crippen LogP contribution < -0.4 is 11.3 Å². The highest BCUT2D eigenvalue weighted by atomic mass is 16.5. The van der Waals surface area contributed by atoms with E-state index in [0.29, 0.717) is 18.1 Å². The SMILES string of the molecule is CC1OCCC1C(NN)C1=CCCCCCC1. The number of hydrogen-bond acceptors (Lipinski definition) is 3. The Labute approximate surface area is 105 Å². The molecule has 0 radical (unpaired) electrons. The Balaban J connectivity index is 2.04. The van der Waals surface area contributed by atoms with Gasteiger partial charge in [0.15, 0.2) is 0 Å². The quantitative estimate of drug-likeness (QED) is 0.451. The van der Waals surface area contributed by atoms with Crippen LogP contribution in [0.15, 0.2) is 11.6 Å². The topological polar surface area (TPSA) is 47.3 Å². The number of hydrogen-bond donors (Lipinski definition) is 2. The normalized spacial score (nSPS) is 32.7. The molecule has 3 unspecified atom stereocenters. The lowest BCUT2D eigenvalue weighted by molar-refractivity contribution is 0.0985. The summed E-state index contributed by atoms with van der Waals surface area (Å²) in [5, 5.41) is 0. The minimum atomic E-state index is 0.325. The van der Waals surface area contributed by atoms with Crippen molar-refractivity contribution in [3.63, 3.8) is 0 Å². The van der Waals surface area contributed by atoms with E-state index in [1.165, 1.54) is 44.1 Å². The molecule has 1 heterocycles. The molecule has 0 amide bonds. The van der Waals surface area contributed by atoms with E-state index in [2.05, 4.69) is 18.4 Å². The highest BCUT2D eigenvalue weighted by molar-refractivity contribution is 5.14. The molecular weight excluding hydrogens is 212 g/mol. The van der Waals surface area contributed by atoms with E-state index in [1.54, 1.807) is 0 Å². The number of rotatable bonds is 3. The Bertz CT molecular complexity index is 265. The molecule has 0 bridgehead atoms. The van der Waals surface area contributed by atoms with Crippen LogP contribution in [0.1, 0.15) is 51.9 Å². The molecule has 1 fully saturated rings. The summed E-state index contributed by atoms with van der Waals surface area (Å²) in [7, 11) is 0. The van der Waals surface area contributed by atoms with E-state index in [0.717, 1.165) is 13.0 Å². The van der Waals surface area contributed by atoms with Crippen molar-refractivity contribution in [1.29, 1.82) is 0 Å². The Morgan fingerprint density at radius 2 is 2.18 bits per heavy atom. The van der Waals surface area contributed by atoms with E-state index in [1.807, 2.05) is 0 Å². The van der Waals surface area contributed by atoms with Crippen LogP contribution in [0, 0.1) is 5.92 Å². The molecule has 0 spiro atoms. The van der Waals surface area contributed by atoms with Crippen LogP contribution in [0.5, 0.6) is 0 Å². The number of allylic oxidation sites excluding steroid dienone is 1. The molecule has 3 N–H and O–H groups in total. The molecule has 2 rings (SSSR count). The summed E-state index contributed by atoms with van der Waals surface area (Å²) in [5.74, 6) is 6.34. The van der Waals surface area contributed by atoms with E-state index in [4.69, 9.17) is 10.6 Å². The second kappa shape index (κ2) is 6.53. The van der Waals surface area contributed by atoms with Gasteiger partial charge in [-0.1, -0.05) is 24.5 Å². The van der Waals surface area contributed by atoms with Gasteiger partial charge in [-0.2, -0.15) is 0 Å². The van der Waals surface area contributed by atoms with Crippen molar-refractivity contribution in [3.05, 3.63) is 11.6 Å². The van der Waals surface area contributed by atoms with Crippen LogP contribution in [0.3, 0.4) is 0 Å². The standard InChI is InChI=1S/C14H26N2O/c1-11-13(9-10-17-11)14(16-15)12-7-5-3-2-4-6-8-12/h7,11,13-14,16H,2-6,8-10,15H2,1H3. The molecule has 3 nitrogen and oxygen atoms in total. The molecule has 1 aliphatic carbocycles. The zero-order valence-electron chi connectivity index (χ0n) is 11.0. The first-order valence-electron chi connectivity index (χ1n) is 7.09. The van der Waals surface area contributed by atoms with Gasteiger partial charge in [-0.25, -0.2) is 0 Å². The molecule has 0 aromatic rings. The lowest BCUT2D eigenvalue weighted by atomic mass is 9.84. The molecular formula is C14H26N2O. The van der Waals surface area contributed by atoms with Gasteiger partial charge in [0.1, 0.15) is 0 Å². The van der Waals surface area contributed by atoms with Gasteiger partial charge in [0.05, 0.1) is 6.10 Å². The minimum Gasteiger partial charge on any atom is -0.378 e. The van der Waals surface area contributed by atoms with Gasteiger partial charge in [-0.3, -0.25) is 11.3 Å². The van der Waals surface area contributed by atoms with Crippen molar-refractivity contribution in [2.24, 2.45) is 11.8 Å². The Morgan fingerprint density at radius 3 is 2.88 bits per heavy atom. The second-order valence-corrected chi connectivity index (χ2v) is 5.40. The number of ether oxygens (including phenoxy) is 1. The van der Waals surface area contributed by atoms with Crippen molar-refractivity contribution in [1.82, 2.24) is 5.43 Å². The fourth-order valence-electron chi connectivity index (χ4n) is 3.19. The summed E-state index contributed by atoms with van der Waals surface area (Å²) in [4.78, 5) is 0. The number of nitrogens with one attached hydrogen (secondary N) is 1. The van der Waals surface area contributed by atoms with Gasteiger partial charge in [-0.05, 0) is 39.0 Å². The summed E-state index contributed by atoms with van der Waals surface area (Å²) < 4.78 is 5.67. The summed E-state index contributed by atoms with van der Waals surface area (Å²) in [6, 6.07) is 0.325. The summed E-state index contributed by atoms with van der Waals surface area (Å²) in [6.45, 7) is 3.06. The zero-order chi connectivity index (χ0) is 12.1. The molecule has 1 saturated heterocycles. The van der Waals surface area contributed by atoms with Crippen molar-refractivity contribution in [3.8, 4) is 0 Å². The van der Waals surface area contributed by atoms with Crippen LogP contribution in [-0.2, 0) is 4.74 Å².